The van der Waals surface area contributed by atoms with Crippen LogP contribution in [0.1, 0.15) is 16.7 Å². The van der Waals surface area contributed by atoms with Gasteiger partial charge in [0.05, 0.1) is 12.8 Å². The second-order valence-electron chi connectivity index (χ2n) is 6.64. The van der Waals surface area contributed by atoms with E-state index in [-0.39, 0.29) is 12.4 Å². The lowest BCUT2D eigenvalue weighted by Crippen LogP contribution is -2.35. The van der Waals surface area contributed by atoms with E-state index < -0.39 is 0 Å². The number of hydrazine groups is 1. The molecule has 2 aromatic carbocycles. The number of methoxy groups -OCH3 is 1. The van der Waals surface area contributed by atoms with E-state index in [4.69, 9.17) is 9.47 Å². The largest absolute Gasteiger partial charge is 0.493 e. The Bertz CT molecular complexity index is 942. The van der Waals surface area contributed by atoms with Gasteiger partial charge in [-0.2, -0.15) is 0 Å². The number of fused-ring (bicyclic) bond motifs is 1. The van der Waals surface area contributed by atoms with E-state index in [1.807, 2.05) is 36.4 Å². The van der Waals surface area contributed by atoms with Crippen LogP contribution in [-0.4, -0.2) is 23.6 Å². The summed E-state index contributed by atoms with van der Waals surface area (Å²) in [7, 11) is 1.70. The molecule has 29 heavy (non-hydrogen) atoms. The van der Waals surface area contributed by atoms with Crippen LogP contribution >= 0.6 is 28.3 Å². The van der Waals surface area contributed by atoms with Crippen LogP contribution in [0, 0.1) is 0 Å². The number of rotatable bonds is 6. The van der Waals surface area contributed by atoms with Gasteiger partial charge in [-0.05, 0) is 35.7 Å². The third-order valence-corrected chi connectivity index (χ3v) is 5.51. The van der Waals surface area contributed by atoms with Crippen molar-refractivity contribution in [2.45, 2.75) is 19.6 Å². The number of benzene rings is 2. The zero-order valence-electron chi connectivity index (χ0n) is 16.1. The highest BCUT2D eigenvalue weighted by Gasteiger charge is 2.25. The standard InChI is InChI=1S/C22H22BrN3O2.ClH/c1-27-22-19-14-26(25-17-7-10-24-11-8-17)12-9-18(19)20(23)13-21(22)28-15-16-5-3-2-4-6-16;/h2-8,10-11,13H,9,12,14-15H2,1H3,(H,24,25);1H. The fourth-order valence-corrected chi connectivity index (χ4v) is 4.07. The fourth-order valence-electron chi connectivity index (χ4n) is 3.42. The van der Waals surface area contributed by atoms with Gasteiger partial charge in [0.25, 0.3) is 0 Å². The van der Waals surface area contributed by atoms with E-state index in [9.17, 15) is 0 Å². The van der Waals surface area contributed by atoms with Crippen LogP contribution in [-0.2, 0) is 19.6 Å². The van der Waals surface area contributed by atoms with Gasteiger partial charge in [-0.1, -0.05) is 46.3 Å². The maximum atomic E-state index is 6.11. The van der Waals surface area contributed by atoms with Gasteiger partial charge in [0.2, 0.25) is 0 Å². The Labute approximate surface area is 185 Å². The summed E-state index contributed by atoms with van der Waals surface area (Å²) in [5.41, 5.74) is 8.02. The summed E-state index contributed by atoms with van der Waals surface area (Å²) in [6.07, 6.45) is 4.49. The molecule has 3 aromatic rings. The van der Waals surface area contributed by atoms with Crippen molar-refractivity contribution in [1.29, 1.82) is 0 Å². The number of hydrogen-bond acceptors (Lipinski definition) is 5. The van der Waals surface area contributed by atoms with Crippen molar-refractivity contribution in [3.63, 3.8) is 0 Å². The number of aromatic nitrogens is 1. The maximum absolute atomic E-state index is 6.11. The predicted octanol–water partition coefficient (Wildman–Crippen LogP) is 5.24. The normalized spacial score (nSPS) is 13.2. The van der Waals surface area contributed by atoms with E-state index in [0.717, 1.165) is 52.3 Å². The van der Waals surface area contributed by atoms with Crippen LogP contribution in [0.15, 0.2) is 65.4 Å². The molecule has 0 bridgehead atoms. The highest BCUT2D eigenvalue weighted by atomic mass is 79.9. The molecule has 0 saturated carbocycles. The van der Waals surface area contributed by atoms with E-state index >= 15 is 0 Å². The molecule has 0 unspecified atom stereocenters. The van der Waals surface area contributed by atoms with Gasteiger partial charge < -0.3 is 14.9 Å². The molecule has 7 heteroatoms. The minimum absolute atomic E-state index is 0. The van der Waals surface area contributed by atoms with Crippen molar-refractivity contribution in [1.82, 2.24) is 9.99 Å². The van der Waals surface area contributed by atoms with E-state index in [1.54, 1.807) is 19.5 Å². The Hall–Kier alpha value is -2.28. The Balaban J connectivity index is 0.00000240. The third kappa shape index (κ3) is 5.01. The van der Waals surface area contributed by atoms with Crippen LogP contribution in [0.25, 0.3) is 0 Å². The molecule has 1 aliphatic heterocycles. The average Bonchev–Trinajstić information content (AvgIpc) is 2.74. The van der Waals surface area contributed by atoms with Crippen LogP contribution in [0.2, 0.25) is 0 Å². The second-order valence-corrected chi connectivity index (χ2v) is 7.49. The van der Waals surface area contributed by atoms with Gasteiger partial charge in [0.15, 0.2) is 11.5 Å². The van der Waals surface area contributed by atoms with Gasteiger partial charge in [0, 0.05) is 35.5 Å². The first kappa shape index (κ1) is 21.4. The average molecular weight is 477 g/mol. The van der Waals surface area contributed by atoms with E-state index in [2.05, 4.69) is 43.5 Å². The van der Waals surface area contributed by atoms with Crippen LogP contribution in [0.3, 0.4) is 0 Å². The Morgan fingerprint density at radius 2 is 1.86 bits per heavy atom. The molecule has 1 aliphatic rings. The smallest absolute Gasteiger partial charge is 0.165 e. The molecule has 1 aromatic heterocycles. The molecule has 2 heterocycles. The summed E-state index contributed by atoms with van der Waals surface area (Å²) in [4.78, 5) is 4.07. The number of anilines is 1. The van der Waals surface area contributed by atoms with Crippen molar-refractivity contribution in [3.8, 4) is 11.5 Å². The van der Waals surface area contributed by atoms with E-state index in [1.165, 1.54) is 5.56 Å². The lowest BCUT2D eigenvalue weighted by atomic mass is 9.99. The molecule has 0 saturated heterocycles. The van der Waals surface area contributed by atoms with Gasteiger partial charge in [-0.25, -0.2) is 5.01 Å². The topological polar surface area (TPSA) is 46.6 Å². The van der Waals surface area contributed by atoms with Crippen molar-refractivity contribution >= 4 is 34.0 Å². The van der Waals surface area contributed by atoms with Crippen molar-refractivity contribution < 1.29 is 9.47 Å². The maximum Gasteiger partial charge on any atom is 0.165 e. The van der Waals surface area contributed by atoms with Gasteiger partial charge >= 0.3 is 0 Å². The van der Waals surface area contributed by atoms with E-state index in [0.29, 0.717) is 6.61 Å². The first-order chi connectivity index (χ1) is 13.7. The molecule has 0 spiro atoms. The van der Waals surface area contributed by atoms with Gasteiger partial charge in [0.1, 0.15) is 6.61 Å². The number of hydrogen-bond donors (Lipinski definition) is 1. The SMILES string of the molecule is COc1c(OCc2ccccc2)cc(Br)c2c1CN(Nc1ccncc1)CC2.Cl. The summed E-state index contributed by atoms with van der Waals surface area (Å²) in [6, 6.07) is 16.1. The monoisotopic (exact) mass is 475 g/mol. The van der Waals surface area contributed by atoms with Gasteiger partial charge in [-0.3, -0.25) is 4.98 Å². The number of nitrogens with one attached hydrogen (secondary N) is 1. The summed E-state index contributed by atoms with van der Waals surface area (Å²) >= 11 is 3.73. The first-order valence-electron chi connectivity index (χ1n) is 9.21. The lowest BCUT2D eigenvalue weighted by Gasteiger charge is -2.32. The number of nitrogens with zero attached hydrogens (tertiary/aromatic N) is 2. The van der Waals surface area contributed by atoms with Gasteiger partial charge in [-0.15, -0.1) is 12.4 Å². The molecule has 0 fully saturated rings. The van der Waals surface area contributed by atoms with Crippen LogP contribution in [0.5, 0.6) is 11.5 Å². The van der Waals surface area contributed by atoms with Crippen LogP contribution in [0.4, 0.5) is 5.69 Å². The third-order valence-electron chi connectivity index (χ3n) is 4.80. The summed E-state index contributed by atoms with van der Waals surface area (Å²) in [5, 5.41) is 2.19. The highest BCUT2D eigenvalue weighted by Crippen LogP contribution is 2.41. The lowest BCUT2D eigenvalue weighted by molar-refractivity contribution is 0.269. The number of ether oxygens (including phenoxy) is 2. The molecule has 0 amide bonds. The number of pyridine rings is 1. The minimum Gasteiger partial charge on any atom is -0.493 e. The molecule has 5 nitrogen and oxygen atoms in total. The molecule has 0 atom stereocenters. The Kier molecular flexibility index (Phi) is 7.36. The summed E-state index contributed by atoms with van der Waals surface area (Å²) < 4.78 is 13.0. The first-order valence-corrected chi connectivity index (χ1v) is 10.0. The number of halogens is 2. The minimum atomic E-state index is 0. The molecule has 4 rings (SSSR count). The zero-order chi connectivity index (χ0) is 19.3. The van der Waals surface area contributed by atoms with Crippen LogP contribution < -0.4 is 14.9 Å². The summed E-state index contributed by atoms with van der Waals surface area (Å²) in [6.45, 7) is 2.13. The fraction of sp³-hybridized carbons (Fsp3) is 0.227. The highest BCUT2D eigenvalue weighted by molar-refractivity contribution is 9.10. The molecular weight excluding hydrogens is 454 g/mol. The molecule has 0 radical (unpaired) electrons. The molecule has 0 aliphatic carbocycles. The van der Waals surface area contributed by atoms with Crippen molar-refractivity contribution in [3.05, 3.63) is 82.1 Å². The molecule has 152 valence electrons. The molecule has 1 N–H and O–H groups in total. The second kappa shape index (κ2) is 9.96. The van der Waals surface area contributed by atoms with Crippen molar-refractivity contribution in [2.75, 3.05) is 19.1 Å². The zero-order valence-corrected chi connectivity index (χ0v) is 18.5. The Morgan fingerprint density at radius 3 is 2.59 bits per heavy atom. The summed E-state index contributed by atoms with van der Waals surface area (Å²) in [5.74, 6) is 1.55. The quantitative estimate of drug-likeness (QED) is 0.527. The predicted molar refractivity (Wildman–Crippen MR) is 121 cm³/mol. The Morgan fingerprint density at radius 1 is 1.10 bits per heavy atom. The van der Waals surface area contributed by atoms with Crippen molar-refractivity contribution in [2.24, 2.45) is 0 Å². The molecular formula is C22H23BrClN3O2.